The van der Waals surface area contributed by atoms with Crippen LogP contribution in [0.25, 0.3) is 0 Å². The lowest BCUT2D eigenvalue weighted by molar-refractivity contribution is -0.179. The molecule has 2 fully saturated rings. The Labute approximate surface area is 143 Å². The Morgan fingerprint density at radius 2 is 1.76 bits per heavy atom. The highest BCUT2D eigenvalue weighted by atomic mass is 127. The Morgan fingerprint density at radius 3 is 2.24 bits per heavy atom. The van der Waals surface area contributed by atoms with Gasteiger partial charge in [-0.15, -0.1) is 0 Å². The number of hydrogen-bond donors (Lipinski definition) is 0. The zero-order valence-electron chi connectivity index (χ0n) is 14.3. The third-order valence-corrected chi connectivity index (χ3v) is 7.46. The minimum atomic E-state index is -0.407. The number of rotatable bonds is 4. The molecule has 2 aliphatic rings. The molecule has 0 aliphatic heterocycles. The van der Waals surface area contributed by atoms with Crippen LogP contribution in [0, 0.1) is 17.3 Å². The normalized spacial score (nSPS) is 35.9. The Morgan fingerprint density at radius 1 is 1.24 bits per heavy atom. The summed E-state index contributed by atoms with van der Waals surface area (Å²) in [4.78, 5) is 12.5. The summed E-state index contributed by atoms with van der Waals surface area (Å²) in [5, 5.41) is 0. The van der Waals surface area contributed by atoms with Crippen molar-refractivity contribution in [2.45, 2.75) is 88.6 Å². The monoisotopic (exact) mass is 406 g/mol. The summed E-state index contributed by atoms with van der Waals surface area (Å²) in [6.07, 6.45) is 8.78. The second-order valence-electron chi connectivity index (χ2n) is 8.32. The highest BCUT2D eigenvalue weighted by molar-refractivity contribution is 14.1. The summed E-state index contributed by atoms with van der Waals surface area (Å²) in [6, 6.07) is 0. The first-order valence-corrected chi connectivity index (χ1v) is 9.60. The molecule has 0 aromatic heterocycles. The molecule has 2 saturated carbocycles. The fraction of sp³-hybridized carbons (Fsp3) is 0.944. The molecular weight excluding hydrogens is 375 g/mol. The molecule has 3 atom stereocenters. The van der Waals surface area contributed by atoms with E-state index in [1.165, 1.54) is 38.5 Å². The maximum Gasteiger partial charge on any atom is 0.322 e. The first-order chi connectivity index (χ1) is 9.60. The van der Waals surface area contributed by atoms with Crippen LogP contribution in [-0.4, -0.2) is 15.0 Å². The SMILES string of the molecule is CCC(C)(I)C(=O)OC(C)(C)C1(C)CC2CCCC(C2)C1. The molecule has 3 unspecified atom stereocenters. The predicted molar refractivity (Wildman–Crippen MR) is 95.7 cm³/mol. The Balaban J connectivity index is 2.12. The number of alkyl halides is 1. The Hall–Kier alpha value is 0.200. The van der Waals surface area contributed by atoms with Crippen molar-refractivity contribution in [3.8, 4) is 0 Å². The number of ether oxygens (including phenoxy) is 1. The van der Waals surface area contributed by atoms with Crippen LogP contribution in [0.4, 0.5) is 0 Å². The molecule has 0 radical (unpaired) electrons. The number of carbonyl (C=O) groups excluding carboxylic acids is 1. The maximum absolute atomic E-state index is 12.5. The lowest BCUT2D eigenvalue weighted by atomic mass is 9.56. The fourth-order valence-corrected chi connectivity index (χ4v) is 4.34. The van der Waals surface area contributed by atoms with Crippen LogP contribution in [0.1, 0.15) is 79.6 Å². The second-order valence-corrected chi connectivity index (χ2v) is 10.7. The van der Waals surface area contributed by atoms with Crippen molar-refractivity contribution in [2.75, 3.05) is 0 Å². The van der Waals surface area contributed by atoms with Gasteiger partial charge in [-0.2, -0.15) is 0 Å². The van der Waals surface area contributed by atoms with Crippen LogP contribution in [0.2, 0.25) is 0 Å². The van der Waals surface area contributed by atoms with Gasteiger partial charge in [0.25, 0.3) is 0 Å². The third-order valence-electron chi connectivity index (χ3n) is 6.26. The van der Waals surface area contributed by atoms with E-state index >= 15 is 0 Å². The largest absolute Gasteiger partial charge is 0.458 e. The molecule has 2 rings (SSSR count). The van der Waals surface area contributed by atoms with E-state index in [2.05, 4.69) is 43.4 Å². The van der Waals surface area contributed by atoms with E-state index in [4.69, 9.17) is 4.74 Å². The average molecular weight is 406 g/mol. The molecule has 0 aromatic carbocycles. The van der Waals surface area contributed by atoms with E-state index in [0.717, 1.165) is 18.3 Å². The molecule has 2 nitrogen and oxygen atoms in total. The van der Waals surface area contributed by atoms with Crippen LogP contribution in [-0.2, 0) is 9.53 Å². The van der Waals surface area contributed by atoms with Gasteiger partial charge in [0.1, 0.15) is 9.02 Å². The summed E-state index contributed by atoms with van der Waals surface area (Å²) < 4.78 is 5.65. The summed E-state index contributed by atoms with van der Waals surface area (Å²) in [5.41, 5.74) is -0.253. The molecule has 2 bridgehead atoms. The molecule has 21 heavy (non-hydrogen) atoms. The van der Waals surface area contributed by atoms with Crippen LogP contribution in [0.3, 0.4) is 0 Å². The van der Waals surface area contributed by atoms with E-state index < -0.39 is 3.42 Å². The van der Waals surface area contributed by atoms with E-state index in [1.807, 2.05) is 13.8 Å². The molecular formula is C18H31IO2. The average Bonchev–Trinajstić information content (AvgIpc) is 2.37. The summed E-state index contributed by atoms with van der Waals surface area (Å²) in [6.45, 7) is 10.6. The van der Waals surface area contributed by atoms with Crippen molar-refractivity contribution in [3.63, 3.8) is 0 Å². The van der Waals surface area contributed by atoms with Gasteiger partial charge in [-0.05, 0) is 58.3 Å². The zero-order chi connectivity index (χ0) is 15.9. The van der Waals surface area contributed by atoms with E-state index in [0.29, 0.717) is 0 Å². The molecule has 3 heteroatoms. The van der Waals surface area contributed by atoms with Crippen LogP contribution < -0.4 is 0 Å². The van der Waals surface area contributed by atoms with Gasteiger partial charge < -0.3 is 4.74 Å². The van der Waals surface area contributed by atoms with Gasteiger partial charge in [0.2, 0.25) is 0 Å². The number of hydrogen-bond acceptors (Lipinski definition) is 2. The van der Waals surface area contributed by atoms with Gasteiger partial charge in [0.05, 0.1) is 0 Å². The molecule has 2 aliphatic carbocycles. The number of esters is 1. The van der Waals surface area contributed by atoms with Crippen molar-refractivity contribution >= 4 is 28.6 Å². The topological polar surface area (TPSA) is 26.3 Å². The van der Waals surface area contributed by atoms with Crippen molar-refractivity contribution < 1.29 is 9.53 Å². The van der Waals surface area contributed by atoms with Crippen LogP contribution >= 0.6 is 22.6 Å². The summed E-state index contributed by atoms with van der Waals surface area (Å²) >= 11 is 2.23. The Kier molecular flexibility index (Phi) is 5.02. The predicted octanol–water partition coefficient (Wildman–Crippen LogP) is 5.52. The Bertz CT molecular complexity index is 388. The minimum Gasteiger partial charge on any atom is -0.458 e. The molecule has 122 valence electrons. The highest BCUT2D eigenvalue weighted by Crippen LogP contribution is 2.54. The number of halogens is 1. The summed E-state index contributed by atoms with van der Waals surface area (Å²) in [5.74, 6) is 1.64. The van der Waals surface area contributed by atoms with Gasteiger partial charge in [0.15, 0.2) is 0 Å². The minimum absolute atomic E-state index is 0.0486. The molecule has 0 N–H and O–H groups in total. The van der Waals surface area contributed by atoms with Crippen LogP contribution in [0.5, 0.6) is 0 Å². The fourth-order valence-electron chi connectivity index (χ4n) is 4.23. The smallest absolute Gasteiger partial charge is 0.322 e. The van der Waals surface area contributed by atoms with Gasteiger partial charge in [0, 0.05) is 5.41 Å². The highest BCUT2D eigenvalue weighted by Gasteiger charge is 2.51. The van der Waals surface area contributed by atoms with E-state index in [9.17, 15) is 4.79 Å². The van der Waals surface area contributed by atoms with E-state index in [-0.39, 0.29) is 17.0 Å². The zero-order valence-corrected chi connectivity index (χ0v) is 16.5. The van der Waals surface area contributed by atoms with Crippen LogP contribution in [0.15, 0.2) is 0 Å². The molecule has 0 saturated heterocycles. The molecule has 0 aromatic rings. The van der Waals surface area contributed by atoms with E-state index in [1.54, 1.807) is 0 Å². The standard InChI is InChI=1S/C18H31IO2/c1-6-18(5,19)15(20)21-16(2,3)17(4)11-13-8-7-9-14(10-13)12-17/h13-14H,6-12H2,1-5H3. The number of fused-ring (bicyclic) bond motifs is 2. The van der Waals surface area contributed by atoms with Crippen molar-refractivity contribution in [3.05, 3.63) is 0 Å². The van der Waals surface area contributed by atoms with Gasteiger partial charge in [-0.25, -0.2) is 0 Å². The lowest BCUT2D eigenvalue weighted by Crippen LogP contribution is -2.52. The number of carbonyl (C=O) groups is 1. The van der Waals surface area contributed by atoms with Gasteiger partial charge in [-0.1, -0.05) is 55.7 Å². The maximum atomic E-state index is 12.5. The first-order valence-electron chi connectivity index (χ1n) is 8.52. The molecule has 0 amide bonds. The first kappa shape index (κ1) is 17.6. The lowest BCUT2D eigenvalue weighted by Gasteiger charge is -2.52. The van der Waals surface area contributed by atoms with Crippen molar-refractivity contribution in [2.24, 2.45) is 17.3 Å². The van der Waals surface area contributed by atoms with Gasteiger partial charge >= 0.3 is 5.97 Å². The van der Waals surface area contributed by atoms with Gasteiger partial charge in [-0.3, -0.25) is 4.79 Å². The quantitative estimate of drug-likeness (QED) is 0.349. The molecule has 0 spiro atoms. The van der Waals surface area contributed by atoms with Crippen molar-refractivity contribution in [1.29, 1.82) is 0 Å². The second kappa shape index (κ2) is 6.01. The summed E-state index contributed by atoms with van der Waals surface area (Å²) in [7, 11) is 0. The third kappa shape index (κ3) is 3.59. The van der Waals surface area contributed by atoms with Crippen molar-refractivity contribution in [1.82, 2.24) is 0 Å². The molecule has 0 heterocycles.